The molecule has 0 radical (unpaired) electrons. The van der Waals surface area contributed by atoms with E-state index in [1.54, 1.807) is 6.07 Å². The van der Waals surface area contributed by atoms with Crippen LogP contribution < -0.4 is 5.73 Å². The van der Waals surface area contributed by atoms with Gasteiger partial charge in [-0.3, -0.25) is 0 Å². The molecular weight excluding hydrogens is 356 g/mol. The van der Waals surface area contributed by atoms with Crippen molar-refractivity contribution in [1.29, 1.82) is 0 Å². The third-order valence-electron chi connectivity index (χ3n) is 3.75. The van der Waals surface area contributed by atoms with Crippen LogP contribution in [-0.2, 0) is 6.54 Å². The highest BCUT2D eigenvalue weighted by Gasteiger charge is 2.22. The summed E-state index contributed by atoms with van der Waals surface area (Å²) in [6.45, 7) is 9.49. The molecule has 1 aromatic carbocycles. The lowest BCUT2D eigenvalue weighted by atomic mass is 9.82. The Balaban J connectivity index is 2.49. The van der Waals surface area contributed by atoms with Crippen LogP contribution in [0, 0.1) is 20.7 Å². The van der Waals surface area contributed by atoms with Gasteiger partial charge in [0, 0.05) is 12.6 Å². The molecule has 19 heavy (non-hydrogen) atoms. The van der Waals surface area contributed by atoms with Crippen LogP contribution in [0.1, 0.15) is 27.7 Å². The Bertz CT molecular complexity index is 613. The van der Waals surface area contributed by atoms with Gasteiger partial charge in [0.25, 0.3) is 0 Å². The normalized spacial score (nSPS) is 14.0. The summed E-state index contributed by atoms with van der Waals surface area (Å²) in [5.74, 6) is 0.639. The summed E-state index contributed by atoms with van der Waals surface area (Å²) < 4.78 is 16.2. The molecule has 2 N–H and O–H groups in total. The van der Waals surface area contributed by atoms with Crippen molar-refractivity contribution in [2.45, 2.75) is 34.2 Å². The van der Waals surface area contributed by atoms with Gasteiger partial charge in [-0.15, -0.1) is 0 Å². The molecule has 2 aromatic rings. The minimum atomic E-state index is -0.224. The number of fused-ring (bicyclic) bond motifs is 1. The van der Waals surface area contributed by atoms with Crippen LogP contribution in [0.2, 0.25) is 0 Å². The van der Waals surface area contributed by atoms with Crippen molar-refractivity contribution in [3.8, 4) is 0 Å². The molecular formula is C14H19FIN3. The Morgan fingerprint density at radius 2 is 2.05 bits per heavy atom. The molecule has 0 fully saturated rings. The zero-order valence-corrected chi connectivity index (χ0v) is 13.8. The summed E-state index contributed by atoms with van der Waals surface area (Å²) in [4.78, 5) is 4.32. The number of nitrogens with zero attached hydrogens (tertiary/aromatic N) is 2. The Kier molecular flexibility index (Phi) is 3.77. The second kappa shape index (κ2) is 4.92. The molecule has 0 spiro atoms. The van der Waals surface area contributed by atoms with E-state index in [-0.39, 0.29) is 11.2 Å². The molecule has 0 bridgehead atoms. The van der Waals surface area contributed by atoms with Crippen LogP contribution in [0.15, 0.2) is 12.1 Å². The summed E-state index contributed by atoms with van der Waals surface area (Å²) in [7, 11) is 0. The van der Waals surface area contributed by atoms with E-state index in [9.17, 15) is 4.39 Å². The van der Waals surface area contributed by atoms with Crippen molar-refractivity contribution in [3.05, 3.63) is 21.5 Å². The van der Waals surface area contributed by atoms with Crippen molar-refractivity contribution in [3.63, 3.8) is 0 Å². The monoisotopic (exact) mass is 375 g/mol. The molecule has 0 aliphatic heterocycles. The van der Waals surface area contributed by atoms with Gasteiger partial charge >= 0.3 is 0 Å². The van der Waals surface area contributed by atoms with Gasteiger partial charge in [0.15, 0.2) is 0 Å². The number of anilines is 1. The van der Waals surface area contributed by atoms with Crippen LogP contribution in [0.25, 0.3) is 11.0 Å². The average molecular weight is 375 g/mol. The third-order valence-corrected chi connectivity index (χ3v) is 4.58. The lowest BCUT2D eigenvalue weighted by Crippen LogP contribution is -2.23. The second-order valence-electron chi connectivity index (χ2n) is 6.10. The molecule has 2 rings (SSSR count). The first-order valence-corrected chi connectivity index (χ1v) is 7.39. The highest BCUT2D eigenvalue weighted by atomic mass is 127. The molecule has 1 aromatic heterocycles. The largest absolute Gasteiger partial charge is 0.369 e. The van der Waals surface area contributed by atoms with Crippen molar-refractivity contribution in [2.75, 3.05) is 5.73 Å². The van der Waals surface area contributed by atoms with Crippen LogP contribution >= 0.6 is 22.6 Å². The van der Waals surface area contributed by atoms with Crippen molar-refractivity contribution in [1.82, 2.24) is 9.55 Å². The fraction of sp³-hybridized carbons (Fsp3) is 0.500. The first-order valence-electron chi connectivity index (χ1n) is 6.31. The van der Waals surface area contributed by atoms with Gasteiger partial charge in [-0.25, -0.2) is 9.37 Å². The minimum Gasteiger partial charge on any atom is -0.369 e. The van der Waals surface area contributed by atoms with E-state index >= 15 is 0 Å². The molecule has 1 atom stereocenters. The van der Waals surface area contributed by atoms with Gasteiger partial charge < -0.3 is 10.3 Å². The maximum Gasteiger partial charge on any atom is 0.201 e. The van der Waals surface area contributed by atoms with Gasteiger partial charge in [0.2, 0.25) is 5.95 Å². The van der Waals surface area contributed by atoms with Gasteiger partial charge in [0.1, 0.15) is 5.82 Å². The predicted octanol–water partition coefficient (Wildman–Crippen LogP) is 4.04. The molecule has 104 valence electrons. The van der Waals surface area contributed by atoms with Crippen LogP contribution in [0.3, 0.4) is 0 Å². The Labute approximate surface area is 126 Å². The van der Waals surface area contributed by atoms with Gasteiger partial charge in [0.05, 0.1) is 14.6 Å². The Hall–Kier alpha value is -0.850. The summed E-state index contributed by atoms with van der Waals surface area (Å²) in [6, 6.07) is 3.26. The molecule has 3 nitrogen and oxygen atoms in total. The van der Waals surface area contributed by atoms with Gasteiger partial charge in [-0.1, -0.05) is 27.7 Å². The predicted molar refractivity (Wildman–Crippen MR) is 85.4 cm³/mol. The van der Waals surface area contributed by atoms with Crippen LogP contribution in [-0.4, -0.2) is 9.55 Å². The van der Waals surface area contributed by atoms with Crippen molar-refractivity contribution in [2.24, 2.45) is 11.3 Å². The van der Waals surface area contributed by atoms with E-state index in [4.69, 9.17) is 5.73 Å². The van der Waals surface area contributed by atoms with E-state index in [2.05, 4.69) is 32.7 Å². The zero-order valence-electron chi connectivity index (χ0n) is 11.7. The minimum absolute atomic E-state index is 0.171. The number of halogens is 2. The quantitative estimate of drug-likeness (QED) is 0.806. The van der Waals surface area contributed by atoms with Crippen molar-refractivity contribution < 1.29 is 4.39 Å². The van der Waals surface area contributed by atoms with Crippen LogP contribution in [0.4, 0.5) is 10.3 Å². The molecule has 5 heteroatoms. The fourth-order valence-corrected chi connectivity index (χ4v) is 2.33. The SMILES string of the molecule is CC(Cn1c(N)nc2cc(I)c(F)cc21)C(C)(C)C. The maximum atomic E-state index is 13.7. The highest BCUT2D eigenvalue weighted by Crippen LogP contribution is 2.30. The number of benzene rings is 1. The van der Waals surface area contributed by atoms with E-state index in [1.165, 1.54) is 6.07 Å². The molecule has 0 saturated carbocycles. The molecule has 0 amide bonds. The first-order chi connectivity index (χ1) is 8.70. The molecule has 1 heterocycles. The Morgan fingerprint density at radius 1 is 1.42 bits per heavy atom. The highest BCUT2D eigenvalue weighted by molar-refractivity contribution is 14.1. The summed E-state index contributed by atoms with van der Waals surface area (Å²) >= 11 is 1.97. The number of hydrogen-bond donors (Lipinski definition) is 1. The third kappa shape index (κ3) is 2.85. The molecule has 0 saturated heterocycles. The average Bonchev–Trinajstić information content (AvgIpc) is 2.55. The van der Waals surface area contributed by atoms with Crippen molar-refractivity contribution >= 4 is 39.6 Å². The number of rotatable bonds is 2. The molecule has 0 aliphatic carbocycles. The fourth-order valence-electron chi connectivity index (χ4n) is 1.88. The summed E-state index contributed by atoms with van der Waals surface area (Å²) in [5.41, 5.74) is 7.67. The van der Waals surface area contributed by atoms with E-state index in [1.807, 2.05) is 27.2 Å². The number of imidazole rings is 1. The second-order valence-corrected chi connectivity index (χ2v) is 7.26. The number of aromatic nitrogens is 2. The zero-order chi connectivity index (χ0) is 14.4. The van der Waals surface area contributed by atoms with Gasteiger partial charge in [-0.05, 0) is 40.0 Å². The number of hydrogen-bond acceptors (Lipinski definition) is 2. The summed E-state index contributed by atoms with van der Waals surface area (Å²) in [5, 5.41) is 0. The lowest BCUT2D eigenvalue weighted by molar-refractivity contribution is 0.236. The van der Waals surface area contributed by atoms with Gasteiger partial charge in [-0.2, -0.15) is 0 Å². The van der Waals surface area contributed by atoms with E-state index in [0.717, 1.165) is 17.6 Å². The topological polar surface area (TPSA) is 43.8 Å². The molecule has 1 unspecified atom stereocenters. The number of nitrogens with two attached hydrogens (primary N) is 1. The number of nitrogen functional groups attached to an aromatic ring is 1. The maximum absolute atomic E-state index is 13.7. The summed E-state index contributed by atoms with van der Waals surface area (Å²) in [6.07, 6.45) is 0. The Morgan fingerprint density at radius 3 is 2.63 bits per heavy atom. The standard InChI is InChI=1S/C14H19FIN3/c1-8(14(2,3)4)7-19-12-5-9(15)10(16)6-11(12)18-13(19)17/h5-6,8H,7H2,1-4H3,(H2,17,18). The lowest BCUT2D eigenvalue weighted by Gasteiger charge is -2.28. The van der Waals surface area contributed by atoms with Crippen LogP contribution in [0.5, 0.6) is 0 Å². The van der Waals surface area contributed by atoms with E-state index in [0.29, 0.717) is 15.4 Å². The molecule has 0 aliphatic rings. The smallest absolute Gasteiger partial charge is 0.201 e. The first kappa shape index (κ1) is 14.6. The van der Waals surface area contributed by atoms with E-state index < -0.39 is 0 Å².